The molecule has 2 aliphatic carbocycles. The predicted octanol–water partition coefficient (Wildman–Crippen LogP) is 7.20. The van der Waals surface area contributed by atoms with Gasteiger partial charge in [-0.05, 0) is 60.4 Å². The highest BCUT2D eigenvalue weighted by molar-refractivity contribution is 7.87. The lowest BCUT2D eigenvalue weighted by Gasteiger charge is -2.49. The average molecular weight is 582 g/mol. The first-order chi connectivity index (χ1) is 18.7. The fourth-order valence-electron chi connectivity index (χ4n) is 6.41. The van der Waals surface area contributed by atoms with Gasteiger partial charge in [0, 0.05) is 58.4 Å². The molecule has 40 heavy (non-hydrogen) atoms. The molecule has 0 unspecified atom stereocenters. The molecule has 0 amide bonds. The molecule has 1 aliphatic heterocycles. The smallest absolute Gasteiger partial charge is 0.339 e. The maximum Gasteiger partial charge on any atom is 0.339 e. The zero-order chi connectivity index (χ0) is 29.0. The number of carbonyl (C=O) groups is 2. The van der Waals surface area contributed by atoms with Gasteiger partial charge in [-0.25, -0.2) is 0 Å². The van der Waals surface area contributed by atoms with Crippen molar-refractivity contribution < 1.29 is 22.2 Å². The highest BCUT2D eigenvalue weighted by Gasteiger charge is 2.49. The summed E-state index contributed by atoms with van der Waals surface area (Å²) in [5.41, 5.74) is 3.15. The van der Waals surface area contributed by atoms with Gasteiger partial charge in [-0.3, -0.25) is 9.59 Å². The Kier molecular flexibility index (Phi) is 7.28. The standard InChI is InChI=1S/C32H36ClNO5S/c1-6-15-34-23-16-31(2,3)18-25(35)29(23)28(30-24(34)17-32(4,5)19-26(30)36)22-9-7-8-10-27(22)39-40(37,38)21-13-11-20(33)12-14-21/h7-14,28H,6,15-19H2,1-5H3. The Bertz CT molecular complexity index is 1500. The van der Waals surface area contributed by atoms with Crippen LogP contribution in [0.4, 0.5) is 0 Å². The van der Waals surface area contributed by atoms with Crippen molar-refractivity contribution in [2.45, 2.75) is 77.5 Å². The molecule has 212 valence electrons. The molecule has 0 radical (unpaired) electrons. The van der Waals surface area contributed by atoms with E-state index >= 15 is 0 Å². The molecule has 0 spiro atoms. The van der Waals surface area contributed by atoms with Crippen LogP contribution in [-0.4, -0.2) is 31.4 Å². The van der Waals surface area contributed by atoms with Gasteiger partial charge in [0.2, 0.25) is 0 Å². The SMILES string of the molecule is CCCN1C2=C(C(=O)CC(C)(C)C2)C(c2ccccc2OS(=O)(=O)c2ccc(Cl)cc2)C2=C1CC(C)(C)CC2=O. The van der Waals surface area contributed by atoms with Crippen LogP contribution in [0, 0.1) is 10.8 Å². The number of benzene rings is 2. The normalized spacial score (nSPS) is 20.9. The van der Waals surface area contributed by atoms with Crippen LogP contribution in [-0.2, 0) is 19.7 Å². The number of halogens is 1. The number of hydrogen-bond donors (Lipinski definition) is 0. The lowest BCUT2D eigenvalue weighted by atomic mass is 9.63. The molecule has 0 bridgehead atoms. The number of allylic oxidation sites excluding steroid dienone is 4. The summed E-state index contributed by atoms with van der Waals surface area (Å²) in [6.45, 7) is 11.2. The molecule has 0 aromatic heterocycles. The first kappa shape index (κ1) is 28.6. The van der Waals surface area contributed by atoms with Gasteiger partial charge < -0.3 is 9.08 Å². The van der Waals surface area contributed by atoms with Crippen LogP contribution in [0.2, 0.25) is 5.02 Å². The number of carbonyl (C=O) groups excluding carboxylic acids is 2. The van der Waals surface area contributed by atoms with Crippen LogP contribution in [0.25, 0.3) is 0 Å². The highest BCUT2D eigenvalue weighted by Crippen LogP contribution is 2.55. The zero-order valence-corrected chi connectivity index (χ0v) is 25.3. The fourth-order valence-corrected chi connectivity index (χ4v) is 7.49. The monoisotopic (exact) mass is 581 g/mol. The molecule has 5 rings (SSSR count). The van der Waals surface area contributed by atoms with E-state index in [1.165, 1.54) is 24.3 Å². The van der Waals surface area contributed by atoms with Crippen molar-refractivity contribution in [1.29, 1.82) is 0 Å². The molecule has 3 aliphatic rings. The van der Waals surface area contributed by atoms with Crippen LogP contribution in [0.3, 0.4) is 0 Å². The van der Waals surface area contributed by atoms with Crippen molar-refractivity contribution in [2.75, 3.05) is 6.54 Å². The lowest BCUT2D eigenvalue weighted by molar-refractivity contribution is -0.119. The largest absolute Gasteiger partial charge is 0.379 e. The van der Waals surface area contributed by atoms with Gasteiger partial charge in [0.05, 0.1) is 0 Å². The van der Waals surface area contributed by atoms with Crippen molar-refractivity contribution >= 4 is 33.3 Å². The minimum absolute atomic E-state index is 0.00287. The fraction of sp³-hybridized carbons (Fsp3) is 0.438. The van der Waals surface area contributed by atoms with E-state index < -0.39 is 16.0 Å². The molecule has 2 aromatic carbocycles. The molecular weight excluding hydrogens is 546 g/mol. The van der Waals surface area contributed by atoms with E-state index in [9.17, 15) is 18.0 Å². The van der Waals surface area contributed by atoms with Crippen molar-refractivity contribution in [3.8, 4) is 5.75 Å². The van der Waals surface area contributed by atoms with E-state index in [-0.39, 0.29) is 33.0 Å². The summed E-state index contributed by atoms with van der Waals surface area (Å²) >= 11 is 5.97. The second-order valence-electron chi connectivity index (χ2n) is 12.7. The predicted molar refractivity (Wildman–Crippen MR) is 156 cm³/mol. The van der Waals surface area contributed by atoms with Gasteiger partial charge in [-0.15, -0.1) is 0 Å². The molecular formula is C32H36ClNO5S. The van der Waals surface area contributed by atoms with Crippen LogP contribution in [0.15, 0.2) is 76.0 Å². The maximum atomic E-state index is 13.9. The second-order valence-corrected chi connectivity index (χ2v) is 14.7. The zero-order valence-electron chi connectivity index (χ0n) is 23.7. The van der Waals surface area contributed by atoms with Crippen LogP contribution >= 0.6 is 11.6 Å². The summed E-state index contributed by atoms with van der Waals surface area (Å²) in [5, 5.41) is 0.412. The number of Topliss-reactive ketones (excluding diaryl/α,β-unsaturated/α-hetero) is 2. The summed E-state index contributed by atoms with van der Waals surface area (Å²) in [7, 11) is -4.20. The van der Waals surface area contributed by atoms with Crippen molar-refractivity contribution in [1.82, 2.24) is 4.90 Å². The van der Waals surface area contributed by atoms with Gasteiger partial charge >= 0.3 is 10.1 Å². The van der Waals surface area contributed by atoms with E-state index in [0.717, 1.165) is 17.8 Å². The first-order valence-corrected chi connectivity index (χ1v) is 15.6. The Morgan fingerprint density at radius 2 is 1.38 bits per heavy atom. The number of ketones is 2. The maximum absolute atomic E-state index is 13.9. The Morgan fingerprint density at radius 3 is 1.90 bits per heavy atom. The van der Waals surface area contributed by atoms with E-state index in [2.05, 4.69) is 39.5 Å². The number of nitrogens with zero attached hydrogens (tertiary/aromatic N) is 1. The van der Waals surface area contributed by atoms with Gasteiger partial charge in [-0.1, -0.05) is 64.4 Å². The van der Waals surface area contributed by atoms with Gasteiger partial charge in [0.15, 0.2) is 11.6 Å². The highest BCUT2D eigenvalue weighted by atomic mass is 35.5. The minimum Gasteiger partial charge on any atom is -0.379 e. The third-order valence-electron chi connectivity index (χ3n) is 8.00. The summed E-state index contributed by atoms with van der Waals surface area (Å²) in [6, 6.07) is 12.6. The third kappa shape index (κ3) is 5.26. The summed E-state index contributed by atoms with van der Waals surface area (Å²) in [4.78, 5) is 30.1. The van der Waals surface area contributed by atoms with Gasteiger partial charge in [-0.2, -0.15) is 8.42 Å². The Balaban J connectivity index is 1.72. The molecule has 8 heteroatoms. The number of para-hydroxylation sites is 1. The molecule has 1 heterocycles. The topological polar surface area (TPSA) is 80.8 Å². The van der Waals surface area contributed by atoms with Crippen LogP contribution in [0.1, 0.15) is 78.2 Å². The van der Waals surface area contributed by atoms with E-state index in [1.807, 2.05) is 0 Å². The van der Waals surface area contributed by atoms with Gasteiger partial charge in [0.1, 0.15) is 10.6 Å². The molecule has 0 atom stereocenters. The summed E-state index contributed by atoms with van der Waals surface area (Å²) in [5.74, 6) is -0.587. The Morgan fingerprint density at radius 1 is 0.850 bits per heavy atom. The van der Waals surface area contributed by atoms with Crippen LogP contribution in [0.5, 0.6) is 5.75 Å². The van der Waals surface area contributed by atoms with Crippen molar-refractivity contribution in [3.05, 3.63) is 81.7 Å². The quantitative estimate of drug-likeness (QED) is 0.335. The Labute approximate surface area is 242 Å². The summed E-state index contributed by atoms with van der Waals surface area (Å²) in [6.07, 6.45) is 2.97. The van der Waals surface area contributed by atoms with E-state index in [0.29, 0.717) is 54.0 Å². The second kappa shape index (κ2) is 10.2. The van der Waals surface area contributed by atoms with E-state index in [1.54, 1.807) is 24.3 Å². The van der Waals surface area contributed by atoms with Crippen LogP contribution < -0.4 is 4.18 Å². The average Bonchev–Trinajstić information content (AvgIpc) is 2.84. The number of rotatable bonds is 6. The molecule has 0 fully saturated rings. The molecule has 0 saturated heterocycles. The number of hydrogen-bond acceptors (Lipinski definition) is 6. The Hall–Kier alpha value is -2.90. The minimum atomic E-state index is -4.20. The van der Waals surface area contributed by atoms with Gasteiger partial charge in [0.25, 0.3) is 0 Å². The third-order valence-corrected chi connectivity index (χ3v) is 9.50. The molecule has 0 N–H and O–H groups in total. The molecule has 0 saturated carbocycles. The molecule has 2 aromatic rings. The first-order valence-electron chi connectivity index (χ1n) is 13.8. The van der Waals surface area contributed by atoms with Crippen molar-refractivity contribution in [3.63, 3.8) is 0 Å². The van der Waals surface area contributed by atoms with Crippen molar-refractivity contribution in [2.24, 2.45) is 10.8 Å². The lowest BCUT2D eigenvalue weighted by Crippen LogP contribution is -2.44. The van der Waals surface area contributed by atoms with E-state index in [4.69, 9.17) is 15.8 Å². The molecule has 6 nitrogen and oxygen atoms in total. The summed E-state index contributed by atoms with van der Waals surface area (Å²) < 4.78 is 32.4.